The molecule has 1 aliphatic rings. The number of rotatable bonds is 7. The van der Waals surface area contributed by atoms with Gasteiger partial charge in [-0.05, 0) is 31.0 Å². The van der Waals surface area contributed by atoms with Crippen molar-refractivity contribution in [3.63, 3.8) is 0 Å². The van der Waals surface area contributed by atoms with Gasteiger partial charge < -0.3 is 19.6 Å². The molecule has 4 heterocycles. The Morgan fingerprint density at radius 1 is 1.43 bits per heavy atom. The number of aromatic amines is 1. The van der Waals surface area contributed by atoms with Gasteiger partial charge in [0.2, 0.25) is 0 Å². The molecule has 0 fully saturated rings. The molecule has 0 radical (unpaired) electrons. The number of nitrogens with one attached hydrogen (secondary N) is 1. The zero-order valence-electron chi connectivity index (χ0n) is 17.9. The van der Waals surface area contributed by atoms with Crippen molar-refractivity contribution in [1.82, 2.24) is 14.8 Å². The molecule has 30 heavy (non-hydrogen) atoms. The number of hydrogen-bond donors (Lipinski definition) is 2. The number of H-pyrrole nitrogens is 1. The van der Waals surface area contributed by atoms with Crippen LogP contribution in [0.3, 0.4) is 0 Å². The number of ether oxygens (including phenoxy) is 2. The van der Waals surface area contributed by atoms with Crippen molar-refractivity contribution in [3.8, 4) is 10.4 Å². The fourth-order valence-electron chi connectivity index (χ4n) is 3.69. The Hall–Kier alpha value is -1.78. The van der Waals surface area contributed by atoms with E-state index in [9.17, 15) is 9.90 Å². The molecule has 0 saturated carbocycles. The molecule has 0 aliphatic carbocycles. The van der Waals surface area contributed by atoms with Gasteiger partial charge in [-0.2, -0.15) is 5.10 Å². The fraction of sp³-hybridized carbons (Fsp3) is 0.524. The van der Waals surface area contributed by atoms with Crippen LogP contribution in [-0.4, -0.2) is 47.8 Å². The molecule has 4 rings (SSSR count). The van der Waals surface area contributed by atoms with E-state index in [-0.39, 0.29) is 12.2 Å². The highest BCUT2D eigenvalue weighted by molar-refractivity contribution is 7.22. The topological polar surface area (TPSA) is 89.4 Å². The van der Waals surface area contributed by atoms with Gasteiger partial charge in [0.05, 0.1) is 25.1 Å². The first kappa shape index (κ1) is 21.4. The highest BCUT2D eigenvalue weighted by atomic mass is 32.1. The van der Waals surface area contributed by atoms with Crippen LogP contribution < -0.4 is 5.56 Å². The zero-order chi connectivity index (χ0) is 21.5. The first-order chi connectivity index (χ1) is 14.2. The second-order valence-corrected chi connectivity index (χ2v) is 15.9. The van der Waals surface area contributed by atoms with Crippen molar-refractivity contribution in [1.29, 1.82) is 0 Å². The molecule has 7 nitrogen and oxygen atoms in total. The summed E-state index contributed by atoms with van der Waals surface area (Å²) in [4.78, 5) is 16.7. The molecule has 2 N–H and O–H groups in total. The van der Waals surface area contributed by atoms with Crippen LogP contribution in [0, 0.1) is 0 Å². The van der Waals surface area contributed by atoms with Gasteiger partial charge in [0, 0.05) is 36.7 Å². The number of aromatic nitrogens is 3. The molecule has 162 valence electrons. The Morgan fingerprint density at radius 3 is 2.97 bits per heavy atom. The van der Waals surface area contributed by atoms with E-state index in [1.54, 1.807) is 4.68 Å². The average Bonchev–Trinajstić information content (AvgIpc) is 3.33. The third kappa shape index (κ3) is 4.17. The summed E-state index contributed by atoms with van der Waals surface area (Å²) in [5.41, 5.74) is 1.69. The Bertz CT molecular complexity index is 1110. The summed E-state index contributed by atoms with van der Waals surface area (Å²) in [5, 5.41) is 15.2. The normalized spacial score (nSPS) is 19.4. The minimum absolute atomic E-state index is 0.146. The van der Waals surface area contributed by atoms with Gasteiger partial charge in [0.15, 0.2) is 0 Å². The average molecular weight is 448 g/mol. The standard InChI is InChI=1S/C21H29N3O4SSi/c1-21(12-25)19-15(5-6-28-21)16-9-17(29-18(16)20(26)23-19)14-10-22-24(11-14)13-27-7-8-30(2,3)4/h9-11,25H,5-8,12-13H2,1-4H3,(H,23,26). The molecule has 0 bridgehead atoms. The molecule has 0 spiro atoms. The van der Waals surface area contributed by atoms with E-state index < -0.39 is 13.7 Å². The minimum Gasteiger partial charge on any atom is -0.393 e. The number of aliphatic hydroxyl groups is 1. The molecule has 3 aromatic heterocycles. The van der Waals surface area contributed by atoms with Crippen molar-refractivity contribution in [3.05, 3.63) is 40.1 Å². The molecular weight excluding hydrogens is 418 g/mol. The number of aliphatic hydroxyl groups excluding tert-OH is 1. The number of hydrogen-bond acceptors (Lipinski definition) is 6. The largest absolute Gasteiger partial charge is 0.393 e. The number of nitrogens with zero attached hydrogens (tertiary/aromatic N) is 2. The summed E-state index contributed by atoms with van der Waals surface area (Å²) >= 11 is 1.47. The summed E-state index contributed by atoms with van der Waals surface area (Å²) in [6, 6.07) is 3.19. The second-order valence-electron chi connectivity index (χ2n) is 9.27. The highest BCUT2D eigenvalue weighted by Gasteiger charge is 2.35. The maximum atomic E-state index is 12.7. The third-order valence-corrected chi connectivity index (χ3v) is 8.43. The molecule has 0 amide bonds. The summed E-state index contributed by atoms with van der Waals surface area (Å²) in [5.74, 6) is 0. The van der Waals surface area contributed by atoms with E-state index in [0.29, 0.717) is 30.2 Å². The maximum Gasteiger partial charge on any atom is 0.266 e. The quantitative estimate of drug-likeness (QED) is 0.427. The van der Waals surface area contributed by atoms with Crippen molar-refractivity contribution >= 4 is 29.5 Å². The van der Waals surface area contributed by atoms with Gasteiger partial charge in [0.1, 0.15) is 17.0 Å². The molecular formula is C21H29N3O4SSi. The molecule has 0 aromatic carbocycles. The molecule has 1 atom stereocenters. The van der Waals surface area contributed by atoms with Crippen molar-refractivity contribution < 1.29 is 14.6 Å². The SMILES string of the molecule is CC1(CO)OCCc2c1[nH]c(=O)c1sc(-c3cnn(COCC[Si](C)(C)C)c3)cc21. The van der Waals surface area contributed by atoms with Crippen LogP contribution in [0.25, 0.3) is 20.5 Å². The van der Waals surface area contributed by atoms with Crippen molar-refractivity contribution in [2.75, 3.05) is 19.8 Å². The Labute approximate surface area is 180 Å². The molecule has 1 unspecified atom stereocenters. The summed E-state index contributed by atoms with van der Waals surface area (Å²) < 4.78 is 14.0. The van der Waals surface area contributed by atoms with Gasteiger partial charge in [-0.15, -0.1) is 11.3 Å². The van der Waals surface area contributed by atoms with Crippen LogP contribution in [0.4, 0.5) is 0 Å². The van der Waals surface area contributed by atoms with Gasteiger partial charge >= 0.3 is 0 Å². The first-order valence-electron chi connectivity index (χ1n) is 10.2. The number of thiophene rings is 1. The minimum atomic E-state index is -1.10. The van der Waals surface area contributed by atoms with E-state index >= 15 is 0 Å². The predicted octanol–water partition coefficient (Wildman–Crippen LogP) is 3.55. The Balaban J connectivity index is 1.60. The molecule has 3 aromatic rings. The highest BCUT2D eigenvalue weighted by Crippen LogP contribution is 2.38. The lowest BCUT2D eigenvalue weighted by molar-refractivity contribution is -0.0832. The summed E-state index contributed by atoms with van der Waals surface area (Å²) in [7, 11) is -1.10. The molecule has 0 saturated heterocycles. The first-order valence-corrected chi connectivity index (χ1v) is 14.8. The van der Waals surface area contributed by atoms with Gasteiger partial charge in [-0.25, -0.2) is 4.68 Å². The van der Waals surface area contributed by atoms with Gasteiger partial charge in [-0.3, -0.25) is 4.79 Å². The van der Waals surface area contributed by atoms with Crippen molar-refractivity contribution in [2.45, 2.75) is 51.4 Å². The van der Waals surface area contributed by atoms with Crippen LogP contribution in [-0.2, 0) is 28.2 Å². The Kier molecular flexibility index (Phi) is 5.75. The van der Waals surface area contributed by atoms with Crippen LogP contribution >= 0.6 is 11.3 Å². The maximum absolute atomic E-state index is 12.7. The summed E-state index contributed by atoms with van der Waals surface area (Å²) in [6.45, 7) is 10.3. The lowest BCUT2D eigenvalue weighted by Crippen LogP contribution is -2.38. The van der Waals surface area contributed by atoms with Crippen LogP contribution in [0.2, 0.25) is 25.7 Å². The lowest BCUT2D eigenvalue weighted by Gasteiger charge is -2.34. The van der Waals surface area contributed by atoms with Crippen molar-refractivity contribution in [2.24, 2.45) is 0 Å². The van der Waals surface area contributed by atoms with Crippen LogP contribution in [0.1, 0.15) is 18.2 Å². The molecule has 1 aliphatic heterocycles. The van der Waals surface area contributed by atoms with Gasteiger partial charge in [-0.1, -0.05) is 19.6 Å². The van der Waals surface area contributed by atoms with Crippen LogP contribution in [0.15, 0.2) is 23.3 Å². The van der Waals surface area contributed by atoms with E-state index in [2.05, 4.69) is 35.8 Å². The molecule has 9 heteroatoms. The van der Waals surface area contributed by atoms with E-state index in [4.69, 9.17) is 9.47 Å². The third-order valence-electron chi connectivity index (χ3n) is 5.54. The predicted molar refractivity (Wildman–Crippen MR) is 122 cm³/mol. The number of pyridine rings is 1. The van der Waals surface area contributed by atoms with E-state index in [0.717, 1.165) is 34.0 Å². The fourth-order valence-corrected chi connectivity index (χ4v) is 5.50. The summed E-state index contributed by atoms with van der Waals surface area (Å²) in [6.07, 6.45) is 4.48. The lowest BCUT2D eigenvalue weighted by atomic mass is 9.91. The van der Waals surface area contributed by atoms with Gasteiger partial charge in [0.25, 0.3) is 5.56 Å². The zero-order valence-corrected chi connectivity index (χ0v) is 19.8. The van der Waals surface area contributed by atoms with Crippen LogP contribution in [0.5, 0.6) is 0 Å². The van der Waals surface area contributed by atoms with E-state index in [1.165, 1.54) is 11.3 Å². The number of fused-ring (bicyclic) bond motifs is 3. The monoisotopic (exact) mass is 447 g/mol. The van der Waals surface area contributed by atoms with E-state index in [1.807, 2.05) is 19.3 Å². The smallest absolute Gasteiger partial charge is 0.266 e. The Morgan fingerprint density at radius 2 is 2.23 bits per heavy atom. The second kappa shape index (κ2) is 8.05.